The molecule has 1 atom stereocenters. The van der Waals surface area contributed by atoms with Crippen LogP contribution in [0.5, 0.6) is 11.5 Å². The van der Waals surface area contributed by atoms with E-state index in [1.54, 1.807) is 6.07 Å². The number of hydrogen-bond acceptors (Lipinski definition) is 6. The van der Waals surface area contributed by atoms with Crippen LogP contribution in [-0.2, 0) is 6.42 Å². The number of carbonyl (C=O) groups is 1. The fraction of sp³-hybridized carbons (Fsp3) is 0.353. The van der Waals surface area contributed by atoms with Gasteiger partial charge in [-0.3, -0.25) is 4.79 Å². The number of ether oxygens (including phenoxy) is 2. The predicted octanol–water partition coefficient (Wildman–Crippen LogP) is 7.29. The Morgan fingerprint density at radius 1 is 0.907 bits per heavy atom. The number of halogens is 2. The maximum absolute atomic E-state index is 14.4. The van der Waals surface area contributed by atoms with Crippen molar-refractivity contribution < 1.29 is 14.3 Å². The molecule has 4 aromatic rings. The standard InChI is InChI=1S/C34H34Cl2N4O3/c35-25-8-5-22(29(36)18-25)11-12-37-33-19-28(34(41)40-15-3-4-26(40)20-39-13-1-2-14-39)27-16-23(6-9-30(27)38-33)24-7-10-31-32(17-24)43-21-42-31/h5-10,16-19,26H,1-4,11-15,20-21H2,(H,37,38)/t26-/m0/s1. The minimum atomic E-state index is 0.0701. The summed E-state index contributed by atoms with van der Waals surface area (Å²) in [5.74, 6) is 2.22. The second-order valence-electron chi connectivity index (χ2n) is 11.6. The molecular formula is C34H34Cl2N4O3. The van der Waals surface area contributed by atoms with Gasteiger partial charge >= 0.3 is 0 Å². The molecule has 3 aromatic carbocycles. The van der Waals surface area contributed by atoms with Crippen LogP contribution in [0.3, 0.4) is 0 Å². The molecule has 1 N–H and O–H groups in total. The quantitative estimate of drug-likeness (QED) is 0.224. The first-order valence-corrected chi connectivity index (χ1v) is 15.8. The Morgan fingerprint density at radius 2 is 1.72 bits per heavy atom. The van der Waals surface area contributed by atoms with Gasteiger partial charge in [0.15, 0.2) is 11.5 Å². The zero-order valence-corrected chi connectivity index (χ0v) is 25.5. The number of pyridine rings is 1. The molecule has 0 spiro atoms. The highest BCUT2D eigenvalue weighted by atomic mass is 35.5. The number of anilines is 1. The predicted molar refractivity (Wildman–Crippen MR) is 172 cm³/mol. The summed E-state index contributed by atoms with van der Waals surface area (Å²) >= 11 is 12.5. The third-order valence-corrected chi connectivity index (χ3v) is 9.35. The Morgan fingerprint density at radius 3 is 2.58 bits per heavy atom. The number of hydrogen-bond donors (Lipinski definition) is 1. The topological polar surface area (TPSA) is 66.9 Å². The van der Waals surface area contributed by atoms with E-state index in [0.717, 1.165) is 78.1 Å². The lowest BCUT2D eigenvalue weighted by Gasteiger charge is -2.29. The first-order valence-electron chi connectivity index (χ1n) is 15.1. The number of likely N-dealkylation sites (tertiary alicyclic amines) is 2. The molecular weight excluding hydrogens is 583 g/mol. The molecule has 43 heavy (non-hydrogen) atoms. The molecule has 7 nitrogen and oxygen atoms in total. The molecule has 0 radical (unpaired) electrons. The second-order valence-corrected chi connectivity index (χ2v) is 12.4. The van der Waals surface area contributed by atoms with Crippen molar-refractivity contribution in [3.05, 3.63) is 81.8 Å². The van der Waals surface area contributed by atoms with Crippen molar-refractivity contribution in [2.75, 3.05) is 44.8 Å². The maximum Gasteiger partial charge on any atom is 0.254 e. The maximum atomic E-state index is 14.4. The lowest BCUT2D eigenvalue weighted by molar-refractivity contribution is 0.0710. The van der Waals surface area contributed by atoms with Crippen LogP contribution in [0.4, 0.5) is 5.82 Å². The highest BCUT2D eigenvalue weighted by Crippen LogP contribution is 2.37. The summed E-state index contributed by atoms with van der Waals surface area (Å²) in [6, 6.07) is 19.8. The molecule has 222 valence electrons. The minimum Gasteiger partial charge on any atom is -0.454 e. The van der Waals surface area contributed by atoms with Crippen LogP contribution >= 0.6 is 23.2 Å². The van der Waals surface area contributed by atoms with Crippen LogP contribution in [0.1, 0.15) is 41.6 Å². The van der Waals surface area contributed by atoms with Crippen LogP contribution in [0, 0.1) is 0 Å². The lowest BCUT2D eigenvalue weighted by Crippen LogP contribution is -2.42. The highest BCUT2D eigenvalue weighted by Gasteiger charge is 2.32. The molecule has 0 aliphatic carbocycles. The van der Waals surface area contributed by atoms with E-state index in [-0.39, 0.29) is 18.7 Å². The third-order valence-electron chi connectivity index (χ3n) is 8.77. The molecule has 3 aliphatic rings. The molecule has 3 aliphatic heterocycles. The van der Waals surface area contributed by atoms with Crippen molar-refractivity contribution in [1.29, 1.82) is 0 Å². The van der Waals surface area contributed by atoms with E-state index in [0.29, 0.717) is 34.4 Å². The van der Waals surface area contributed by atoms with E-state index in [1.165, 1.54) is 12.8 Å². The van der Waals surface area contributed by atoms with Gasteiger partial charge in [0.2, 0.25) is 6.79 Å². The zero-order chi connectivity index (χ0) is 29.3. The Hall–Kier alpha value is -3.52. The monoisotopic (exact) mass is 616 g/mol. The fourth-order valence-electron chi connectivity index (χ4n) is 6.51. The molecule has 4 heterocycles. The summed E-state index contributed by atoms with van der Waals surface area (Å²) in [5, 5.41) is 5.55. The summed E-state index contributed by atoms with van der Waals surface area (Å²) in [7, 11) is 0. The van der Waals surface area contributed by atoms with E-state index in [4.69, 9.17) is 37.7 Å². The Balaban J connectivity index is 1.21. The highest BCUT2D eigenvalue weighted by molar-refractivity contribution is 6.35. The summed E-state index contributed by atoms with van der Waals surface area (Å²) in [6.45, 7) is 4.82. The van der Waals surface area contributed by atoms with Gasteiger partial charge in [-0.05, 0) is 104 Å². The summed E-state index contributed by atoms with van der Waals surface area (Å²) < 4.78 is 11.1. The van der Waals surface area contributed by atoms with Crippen molar-refractivity contribution in [2.24, 2.45) is 0 Å². The van der Waals surface area contributed by atoms with Gasteiger partial charge in [0.1, 0.15) is 5.82 Å². The zero-order valence-electron chi connectivity index (χ0n) is 24.0. The van der Waals surface area contributed by atoms with Gasteiger partial charge in [0.25, 0.3) is 5.91 Å². The third kappa shape index (κ3) is 5.99. The van der Waals surface area contributed by atoms with Gasteiger partial charge in [0.05, 0.1) is 11.1 Å². The van der Waals surface area contributed by atoms with Crippen LogP contribution in [0.2, 0.25) is 10.0 Å². The average Bonchev–Trinajstić information content (AvgIpc) is 3.80. The van der Waals surface area contributed by atoms with E-state index < -0.39 is 0 Å². The van der Waals surface area contributed by atoms with Crippen molar-refractivity contribution >= 4 is 45.8 Å². The molecule has 1 amide bonds. The van der Waals surface area contributed by atoms with E-state index in [9.17, 15) is 4.79 Å². The molecule has 1 aromatic heterocycles. The fourth-order valence-corrected chi connectivity index (χ4v) is 7.01. The molecule has 9 heteroatoms. The van der Waals surface area contributed by atoms with Crippen LogP contribution in [-0.4, -0.2) is 66.2 Å². The SMILES string of the molecule is O=C(c1cc(NCCc2ccc(Cl)cc2Cl)nc2ccc(-c3ccc4c(c3)OCO4)cc12)N1CCC[C@H]1CN1CCCC1. The number of carbonyl (C=O) groups excluding carboxylic acids is 1. The first kappa shape index (κ1) is 28.3. The van der Waals surface area contributed by atoms with E-state index >= 15 is 0 Å². The van der Waals surface area contributed by atoms with Crippen molar-refractivity contribution in [2.45, 2.75) is 38.1 Å². The molecule has 2 fully saturated rings. The number of nitrogens with one attached hydrogen (secondary N) is 1. The van der Waals surface area contributed by atoms with E-state index in [2.05, 4.69) is 21.2 Å². The van der Waals surface area contributed by atoms with Gasteiger partial charge in [-0.1, -0.05) is 41.4 Å². The molecule has 7 rings (SSSR count). The van der Waals surface area contributed by atoms with Gasteiger partial charge in [0, 0.05) is 41.1 Å². The second kappa shape index (κ2) is 12.2. The van der Waals surface area contributed by atoms with Gasteiger partial charge in [-0.15, -0.1) is 0 Å². The van der Waals surface area contributed by atoms with Crippen LogP contribution in [0.15, 0.2) is 60.7 Å². The lowest BCUT2D eigenvalue weighted by atomic mass is 9.99. The van der Waals surface area contributed by atoms with Crippen LogP contribution in [0.25, 0.3) is 22.0 Å². The number of nitrogens with zero attached hydrogens (tertiary/aromatic N) is 3. The number of benzene rings is 3. The normalized spacial score (nSPS) is 18.1. The number of aromatic nitrogens is 1. The van der Waals surface area contributed by atoms with Crippen molar-refractivity contribution in [3.8, 4) is 22.6 Å². The summed E-state index contributed by atoms with van der Waals surface area (Å²) in [5.41, 5.74) is 4.45. The van der Waals surface area contributed by atoms with Crippen LogP contribution < -0.4 is 14.8 Å². The van der Waals surface area contributed by atoms with Gasteiger partial charge in [-0.25, -0.2) is 4.98 Å². The average molecular weight is 618 g/mol. The molecule has 0 saturated carbocycles. The van der Waals surface area contributed by atoms with Crippen molar-refractivity contribution in [1.82, 2.24) is 14.8 Å². The molecule has 0 bridgehead atoms. The minimum absolute atomic E-state index is 0.0701. The summed E-state index contributed by atoms with van der Waals surface area (Å²) in [4.78, 5) is 23.9. The number of rotatable bonds is 8. The largest absolute Gasteiger partial charge is 0.454 e. The Labute approximate surface area is 261 Å². The van der Waals surface area contributed by atoms with Gasteiger partial charge in [-0.2, -0.15) is 0 Å². The number of fused-ring (bicyclic) bond motifs is 2. The Bertz CT molecular complexity index is 1670. The molecule has 2 saturated heterocycles. The number of amides is 1. The molecule has 0 unspecified atom stereocenters. The van der Waals surface area contributed by atoms with Gasteiger partial charge < -0.3 is 24.6 Å². The van der Waals surface area contributed by atoms with Crippen molar-refractivity contribution in [3.63, 3.8) is 0 Å². The summed E-state index contributed by atoms with van der Waals surface area (Å²) in [6.07, 6.45) is 5.26. The first-order chi connectivity index (χ1) is 21.0. The Kier molecular flexibility index (Phi) is 8.04. The van der Waals surface area contributed by atoms with E-state index in [1.807, 2.05) is 48.5 Å². The smallest absolute Gasteiger partial charge is 0.254 e.